The Morgan fingerprint density at radius 1 is 1.15 bits per heavy atom. The fraction of sp³-hybridized carbons (Fsp3) is 0.412. The molecule has 1 aliphatic heterocycles. The predicted molar refractivity (Wildman–Crippen MR) is 87.0 cm³/mol. The van der Waals surface area contributed by atoms with Crippen molar-refractivity contribution in [3.05, 3.63) is 42.0 Å². The van der Waals surface area contributed by atoms with Gasteiger partial charge in [0, 0.05) is 11.6 Å². The summed E-state index contributed by atoms with van der Waals surface area (Å²) in [5.41, 5.74) is 1.35. The molecule has 1 atom stereocenters. The fourth-order valence-electron chi connectivity index (χ4n) is 3.01. The third-order valence-corrected chi connectivity index (χ3v) is 3.89. The van der Waals surface area contributed by atoms with Crippen LogP contribution in [0.5, 0.6) is 5.75 Å². The molecule has 0 aliphatic carbocycles. The van der Waals surface area contributed by atoms with E-state index in [1.165, 1.54) is 35.6 Å². The van der Waals surface area contributed by atoms with Gasteiger partial charge in [-0.2, -0.15) is 0 Å². The molecule has 2 aromatic rings. The molecule has 0 bridgehead atoms. The molecule has 0 amide bonds. The summed E-state index contributed by atoms with van der Waals surface area (Å²) >= 11 is 0. The molecule has 0 spiro atoms. The van der Waals surface area contributed by atoms with Crippen molar-refractivity contribution >= 4 is 23.2 Å². The lowest BCUT2D eigenvalue weighted by molar-refractivity contribution is 0.325. The van der Waals surface area contributed by atoms with Crippen LogP contribution in [-0.4, -0.2) is 13.2 Å². The van der Waals surface area contributed by atoms with Gasteiger partial charge in [0.05, 0.1) is 6.61 Å². The Bertz CT molecular complexity index is 564. The molecule has 1 fully saturated rings. The van der Waals surface area contributed by atoms with E-state index >= 15 is 0 Å². The number of nitrogens with one attached hydrogen (secondary N) is 1. The Hall–Kier alpha value is -1.25. The second-order valence-electron chi connectivity index (χ2n) is 5.13. The molecular weight excluding hydrogens is 270 g/mol. The molecule has 2 aromatic carbocycles. The lowest BCUT2D eigenvalue weighted by Gasteiger charge is -2.27. The van der Waals surface area contributed by atoms with Gasteiger partial charge >= 0.3 is 0 Å². The Kier molecular flexibility index (Phi) is 5.27. The maximum Gasteiger partial charge on any atom is 0.124 e. The first-order valence-corrected chi connectivity index (χ1v) is 7.28. The van der Waals surface area contributed by atoms with E-state index in [1.54, 1.807) is 0 Å². The quantitative estimate of drug-likeness (QED) is 0.900. The summed E-state index contributed by atoms with van der Waals surface area (Å²) in [4.78, 5) is 0. The molecule has 108 valence electrons. The number of halogens is 1. The number of hydrogen-bond donors (Lipinski definition) is 1. The first-order chi connectivity index (χ1) is 9.40. The van der Waals surface area contributed by atoms with Crippen LogP contribution in [0, 0.1) is 0 Å². The van der Waals surface area contributed by atoms with Gasteiger partial charge in [0.2, 0.25) is 0 Å². The van der Waals surface area contributed by atoms with Crippen molar-refractivity contribution in [2.45, 2.75) is 32.2 Å². The van der Waals surface area contributed by atoms with Gasteiger partial charge < -0.3 is 10.1 Å². The minimum Gasteiger partial charge on any atom is -0.494 e. The maximum absolute atomic E-state index is 5.86. The third-order valence-electron chi connectivity index (χ3n) is 3.89. The lowest BCUT2D eigenvalue weighted by Crippen LogP contribution is -2.27. The summed E-state index contributed by atoms with van der Waals surface area (Å²) in [6.45, 7) is 3.88. The van der Waals surface area contributed by atoms with Gasteiger partial charge in [-0.15, -0.1) is 12.4 Å². The summed E-state index contributed by atoms with van der Waals surface area (Å²) in [5, 5.41) is 6.27. The SMILES string of the molecule is CCOc1ccc2ccccc2c1[C@@H]1CCCCN1.Cl. The van der Waals surface area contributed by atoms with Crippen molar-refractivity contribution in [2.24, 2.45) is 0 Å². The number of benzene rings is 2. The van der Waals surface area contributed by atoms with E-state index < -0.39 is 0 Å². The van der Waals surface area contributed by atoms with Crippen LogP contribution in [0.15, 0.2) is 36.4 Å². The monoisotopic (exact) mass is 291 g/mol. The third kappa shape index (κ3) is 2.92. The molecule has 3 rings (SSSR count). The summed E-state index contributed by atoms with van der Waals surface area (Å²) in [6, 6.07) is 13.3. The van der Waals surface area contributed by atoms with E-state index in [0.29, 0.717) is 6.04 Å². The van der Waals surface area contributed by atoms with Crippen molar-refractivity contribution < 1.29 is 4.74 Å². The number of ether oxygens (including phenoxy) is 1. The highest BCUT2D eigenvalue weighted by Crippen LogP contribution is 2.36. The van der Waals surface area contributed by atoms with Gasteiger partial charge in [-0.05, 0) is 43.1 Å². The van der Waals surface area contributed by atoms with E-state index in [2.05, 4.69) is 41.7 Å². The highest BCUT2D eigenvalue weighted by molar-refractivity contribution is 5.88. The normalized spacial score (nSPS) is 18.6. The zero-order valence-electron chi connectivity index (χ0n) is 11.9. The standard InChI is InChI=1S/C17H21NO.ClH/c1-2-19-16-11-10-13-7-3-4-8-14(13)17(16)15-9-5-6-12-18-15;/h3-4,7-8,10-11,15,18H,2,5-6,9,12H2,1H3;1H/t15-;/m0./s1. The van der Waals surface area contributed by atoms with Gasteiger partial charge in [0.25, 0.3) is 0 Å². The van der Waals surface area contributed by atoms with E-state index in [1.807, 2.05) is 6.92 Å². The minimum absolute atomic E-state index is 0. The van der Waals surface area contributed by atoms with Crippen molar-refractivity contribution in [2.75, 3.05) is 13.2 Å². The van der Waals surface area contributed by atoms with Gasteiger partial charge in [0.15, 0.2) is 0 Å². The van der Waals surface area contributed by atoms with E-state index in [-0.39, 0.29) is 12.4 Å². The molecular formula is C17H22ClNO. The smallest absolute Gasteiger partial charge is 0.124 e. The van der Waals surface area contributed by atoms with Crippen LogP contribution in [0.3, 0.4) is 0 Å². The van der Waals surface area contributed by atoms with Crippen molar-refractivity contribution in [3.8, 4) is 5.75 Å². The van der Waals surface area contributed by atoms with E-state index in [4.69, 9.17) is 4.74 Å². The molecule has 1 heterocycles. The molecule has 3 heteroatoms. The first kappa shape index (κ1) is 15.1. The average Bonchev–Trinajstić information content (AvgIpc) is 2.48. The van der Waals surface area contributed by atoms with Crippen LogP contribution in [0.4, 0.5) is 0 Å². The molecule has 1 saturated heterocycles. The highest BCUT2D eigenvalue weighted by atomic mass is 35.5. The molecule has 0 aromatic heterocycles. The Morgan fingerprint density at radius 2 is 2.00 bits per heavy atom. The van der Waals surface area contributed by atoms with Crippen LogP contribution in [0.1, 0.15) is 37.8 Å². The molecule has 0 saturated carbocycles. The highest BCUT2D eigenvalue weighted by Gasteiger charge is 2.21. The topological polar surface area (TPSA) is 21.3 Å². The zero-order chi connectivity index (χ0) is 13.1. The Labute approximate surface area is 126 Å². The second-order valence-corrected chi connectivity index (χ2v) is 5.13. The summed E-state index contributed by atoms with van der Waals surface area (Å²) < 4.78 is 5.86. The van der Waals surface area contributed by atoms with E-state index in [0.717, 1.165) is 18.9 Å². The maximum atomic E-state index is 5.86. The molecule has 20 heavy (non-hydrogen) atoms. The van der Waals surface area contributed by atoms with Crippen molar-refractivity contribution in [1.29, 1.82) is 0 Å². The van der Waals surface area contributed by atoms with Gasteiger partial charge in [0.1, 0.15) is 5.75 Å². The molecule has 1 N–H and O–H groups in total. The van der Waals surface area contributed by atoms with Crippen LogP contribution in [0.25, 0.3) is 10.8 Å². The van der Waals surface area contributed by atoms with Crippen LogP contribution >= 0.6 is 12.4 Å². The Morgan fingerprint density at radius 3 is 2.75 bits per heavy atom. The molecule has 1 aliphatic rings. The van der Waals surface area contributed by atoms with Crippen LogP contribution in [-0.2, 0) is 0 Å². The van der Waals surface area contributed by atoms with Gasteiger partial charge in [-0.3, -0.25) is 0 Å². The summed E-state index contributed by atoms with van der Waals surface area (Å²) in [5.74, 6) is 1.04. The van der Waals surface area contributed by atoms with Crippen LogP contribution in [0.2, 0.25) is 0 Å². The first-order valence-electron chi connectivity index (χ1n) is 7.28. The summed E-state index contributed by atoms with van der Waals surface area (Å²) in [7, 11) is 0. The zero-order valence-corrected chi connectivity index (χ0v) is 12.7. The lowest BCUT2D eigenvalue weighted by atomic mass is 9.92. The fourth-order valence-corrected chi connectivity index (χ4v) is 3.01. The summed E-state index contributed by atoms with van der Waals surface area (Å²) in [6.07, 6.45) is 3.78. The molecule has 2 nitrogen and oxygen atoms in total. The van der Waals surface area contributed by atoms with Gasteiger partial charge in [-0.25, -0.2) is 0 Å². The van der Waals surface area contributed by atoms with Gasteiger partial charge in [-0.1, -0.05) is 36.8 Å². The van der Waals surface area contributed by atoms with Crippen molar-refractivity contribution in [1.82, 2.24) is 5.32 Å². The largest absolute Gasteiger partial charge is 0.494 e. The predicted octanol–water partition coefficient (Wildman–Crippen LogP) is 4.47. The Balaban J connectivity index is 0.00000147. The number of rotatable bonds is 3. The number of hydrogen-bond acceptors (Lipinski definition) is 2. The molecule has 0 unspecified atom stereocenters. The second kappa shape index (κ2) is 6.96. The number of piperidine rings is 1. The number of fused-ring (bicyclic) bond motifs is 1. The molecule has 0 radical (unpaired) electrons. The van der Waals surface area contributed by atoms with Crippen LogP contribution < -0.4 is 10.1 Å². The van der Waals surface area contributed by atoms with E-state index in [9.17, 15) is 0 Å². The minimum atomic E-state index is 0. The van der Waals surface area contributed by atoms with Crippen molar-refractivity contribution in [3.63, 3.8) is 0 Å². The average molecular weight is 292 g/mol.